The Morgan fingerprint density at radius 1 is 1.24 bits per heavy atom. The first-order chi connectivity index (χ1) is 16.0. The van der Waals surface area contributed by atoms with Crippen molar-refractivity contribution in [2.75, 3.05) is 12.9 Å². The van der Waals surface area contributed by atoms with E-state index >= 15 is 0 Å². The van der Waals surface area contributed by atoms with Crippen LogP contribution in [0.3, 0.4) is 0 Å². The Bertz CT molecular complexity index is 1400. The quantitative estimate of drug-likeness (QED) is 0.626. The van der Waals surface area contributed by atoms with Crippen LogP contribution in [0.4, 0.5) is 0 Å². The molecule has 0 fully saturated rings. The normalized spacial score (nSPS) is 17.4. The summed E-state index contributed by atoms with van der Waals surface area (Å²) in [5, 5.41) is 13.9. The fourth-order valence-electron chi connectivity index (χ4n) is 3.88. The van der Waals surface area contributed by atoms with Gasteiger partial charge in [-0.2, -0.15) is 10.0 Å². The molecule has 0 saturated heterocycles. The van der Waals surface area contributed by atoms with Crippen LogP contribution >= 0.6 is 11.8 Å². The summed E-state index contributed by atoms with van der Waals surface area (Å²) in [6.45, 7) is 7.46. The number of aryl methyl sites for hydroxylation is 1. The van der Waals surface area contributed by atoms with Gasteiger partial charge in [0.1, 0.15) is 5.75 Å². The highest BCUT2D eigenvalue weighted by atomic mass is 32.3. The number of carbonyl (C=O) groups is 1. The number of methoxy groups -OCH3 is 1. The number of thioether (sulfide) groups is 1. The number of hydrogen-bond acceptors (Lipinski definition) is 7. The van der Waals surface area contributed by atoms with Crippen LogP contribution in [0.5, 0.6) is 5.75 Å². The molecule has 34 heavy (non-hydrogen) atoms. The number of carbonyl (C=O) groups excluding carboxylic acids is 1. The number of aromatic nitrogens is 1. The molecule has 0 unspecified atom stereocenters. The molecule has 9 nitrogen and oxygen atoms in total. The molecule has 178 valence electrons. The van der Waals surface area contributed by atoms with Crippen LogP contribution in [0.25, 0.3) is 11.8 Å². The highest BCUT2D eigenvalue weighted by Crippen LogP contribution is 2.33. The average molecular weight is 500 g/mol. The molecule has 0 bridgehead atoms. The number of amidine groups is 2. The van der Waals surface area contributed by atoms with E-state index in [1.165, 1.54) is 0 Å². The van der Waals surface area contributed by atoms with Crippen molar-refractivity contribution in [3.05, 3.63) is 52.9 Å². The lowest BCUT2D eigenvalue weighted by atomic mass is 10.1. The number of rotatable bonds is 5. The summed E-state index contributed by atoms with van der Waals surface area (Å²) in [6, 6.07) is 9.53. The van der Waals surface area contributed by atoms with Crippen LogP contribution in [0.1, 0.15) is 30.8 Å². The molecule has 3 heterocycles. The molecule has 1 N–H and O–H groups in total. The second-order valence-corrected chi connectivity index (χ2v) is 11.6. The first-order valence-corrected chi connectivity index (χ1v) is 13.1. The topological polar surface area (TPSA) is 117 Å². The smallest absolute Gasteiger partial charge is 0.283 e. The molecular weight excluding hydrogens is 474 g/mol. The number of nitrogens with zero attached hydrogens (tertiary/aromatic N) is 4. The predicted octanol–water partition coefficient (Wildman–Crippen LogP) is 3.75. The highest BCUT2D eigenvalue weighted by Gasteiger charge is 2.40. The summed E-state index contributed by atoms with van der Waals surface area (Å²) in [5.74, 6) is -0.262. The first-order valence-electron chi connectivity index (χ1n) is 10.6. The van der Waals surface area contributed by atoms with Gasteiger partial charge in [0, 0.05) is 11.4 Å². The standard InChI is InChI=1S/C23H25N5O4S2/c1-13(2)12-34(30,31)23-26-28-20(24)17(21(29)25-22(28)33-23)11-16-10-14(3)27(15(16)4)18-8-6-7-9-19(18)32-5/h6-11,13,24H,12H2,1-5H3/b17-11-,24-20?. The zero-order chi connectivity index (χ0) is 24.8. The molecule has 1 aromatic carbocycles. The number of fused-ring (bicyclic) bond motifs is 1. The summed E-state index contributed by atoms with van der Waals surface area (Å²) < 4.78 is 32.6. The van der Waals surface area contributed by atoms with Crippen molar-refractivity contribution in [2.45, 2.75) is 27.7 Å². The molecular formula is C23H25N5O4S2. The van der Waals surface area contributed by atoms with E-state index in [0.717, 1.165) is 39.4 Å². The largest absolute Gasteiger partial charge is 0.495 e. The Morgan fingerprint density at radius 2 is 1.94 bits per heavy atom. The minimum Gasteiger partial charge on any atom is -0.495 e. The molecule has 1 aromatic heterocycles. The van der Waals surface area contributed by atoms with Crippen LogP contribution < -0.4 is 4.74 Å². The van der Waals surface area contributed by atoms with Gasteiger partial charge in [0.25, 0.3) is 5.91 Å². The Balaban J connectivity index is 1.72. The highest BCUT2D eigenvalue weighted by molar-refractivity contribution is 8.42. The first kappa shape index (κ1) is 24.0. The van der Waals surface area contributed by atoms with Crippen LogP contribution in [-0.2, 0) is 14.6 Å². The van der Waals surface area contributed by atoms with Crippen molar-refractivity contribution in [3.63, 3.8) is 0 Å². The molecule has 0 saturated carbocycles. The Labute approximate surface area is 202 Å². The summed E-state index contributed by atoms with van der Waals surface area (Å²) in [7, 11) is -2.02. The molecule has 2 aromatic rings. The molecule has 1 amide bonds. The lowest BCUT2D eigenvalue weighted by Crippen LogP contribution is -2.35. The molecule has 0 aliphatic carbocycles. The van der Waals surface area contributed by atoms with Crippen molar-refractivity contribution in [2.24, 2.45) is 16.0 Å². The van der Waals surface area contributed by atoms with Crippen molar-refractivity contribution in [1.82, 2.24) is 9.58 Å². The Kier molecular flexibility index (Phi) is 6.26. The van der Waals surface area contributed by atoms with E-state index in [9.17, 15) is 13.2 Å². The lowest BCUT2D eigenvalue weighted by molar-refractivity contribution is -0.114. The third-order valence-electron chi connectivity index (χ3n) is 5.35. The number of benzene rings is 1. The number of amides is 1. The van der Waals surface area contributed by atoms with E-state index in [1.807, 2.05) is 48.7 Å². The van der Waals surface area contributed by atoms with E-state index in [4.69, 9.17) is 10.1 Å². The van der Waals surface area contributed by atoms with Crippen LogP contribution in [0.2, 0.25) is 0 Å². The molecule has 2 aliphatic rings. The zero-order valence-electron chi connectivity index (χ0n) is 19.5. The maximum Gasteiger partial charge on any atom is 0.283 e. The summed E-state index contributed by atoms with van der Waals surface area (Å²) in [6.07, 6.45) is 1.60. The van der Waals surface area contributed by atoms with Gasteiger partial charge in [-0.25, -0.2) is 8.42 Å². The van der Waals surface area contributed by atoms with Crippen LogP contribution in [-0.4, -0.2) is 52.1 Å². The Morgan fingerprint density at radius 3 is 2.62 bits per heavy atom. The number of aliphatic imine (C=N–C) groups is 1. The van der Waals surface area contributed by atoms with Gasteiger partial charge in [-0.1, -0.05) is 26.0 Å². The lowest BCUT2D eigenvalue weighted by Gasteiger charge is -2.20. The SMILES string of the molecule is COc1ccccc1-n1c(C)cc(/C=C2/C(=N)N3N=C(S(=O)(=O)CC(C)C)SC3=NC2=O)c1C. The van der Waals surface area contributed by atoms with Crippen molar-refractivity contribution >= 4 is 49.0 Å². The number of hydrogen-bond donors (Lipinski definition) is 1. The summed E-state index contributed by atoms with van der Waals surface area (Å²) >= 11 is 0.802. The van der Waals surface area contributed by atoms with Crippen LogP contribution in [0.15, 0.2) is 46.0 Å². The van der Waals surface area contributed by atoms with Gasteiger partial charge >= 0.3 is 0 Å². The second kappa shape index (κ2) is 8.88. The molecule has 0 radical (unpaired) electrons. The molecule has 2 aliphatic heterocycles. The van der Waals surface area contributed by atoms with E-state index < -0.39 is 15.7 Å². The molecule has 0 atom stereocenters. The number of para-hydroxylation sites is 2. The van der Waals surface area contributed by atoms with E-state index in [-0.39, 0.29) is 32.6 Å². The van der Waals surface area contributed by atoms with Crippen molar-refractivity contribution in [1.29, 1.82) is 5.41 Å². The number of nitrogens with one attached hydrogen (secondary N) is 1. The Hall–Kier alpha value is -3.18. The van der Waals surface area contributed by atoms with Gasteiger partial charge in [0.05, 0.1) is 24.1 Å². The third kappa shape index (κ3) is 4.21. The molecule has 0 spiro atoms. The van der Waals surface area contributed by atoms with Gasteiger partial charge < -0.3 is 9.30 Å². The van der Waals surface area contributed by atoms with Gasteiger partial charge in [0.2, 0.25) is 19.4 Å². The van der Waals surface area contributed by atoms with Crippen LogP contribution in [0, 0.1) is 25.2 Å². The summed E-state index contributed by atoms with van der Waals surface area (Å²) in [5.41, 5.74) is 3.40. The van der Waals surface area contributed by atoms with E-state index in [2.05, 4.69) is 10.1 Å². The molecule has 11 heteroatoms. The molecule has 4 rings (SSSR count). The number of ether oxygens (including phenoxy) is 1. The van der Waals surface area contributed by atoms with Gasteiger partial charge in [-0.3, -0.25) is 10.2 Å². The summed E-state index contributed by atoms with van der Waals surface area (Å²) in [4.78, 5) is 16.8. The average Bonchev–Trinajstić information content (AvgIpc) is 3.31. The van der Waals surface area contributed by atoms with Crippen molar-refractivity contribution in [3.8, 4) is 11.4 Å². The number of hydrazone groups is 1. The second-order valence-electron chi connectivity index (χ2n) is 8.39. The maximum atomic E-state index is 12.8. The minimum atomic E-state index is -3.63. The van der Waals surface area contributed by atoms with Crippen molar-refractivity contribution < 1.29 is 17.9 Å². The minimum absolute atomic E-state index is 0.0379. The maximum absolute atomic E-state index is 12.8. The number of sulfone groups is 1. The van der Waals surface area contributed by atoms with E-state index in [1.54, 1.807) is 27.0 Å². The van der Waals surface area contributed by atoms with Gasteiger partial charge in [-0.05, 0) is 61.4 Å². The fraction of sp³-hybridized carbons (Fsp3) is 0.304. The fourth-order valence-corrected chi connectivity index (χ4v) is 6.67. The zero-order valence-corrected chi connectivity index (χ0v) is 21.1. The van der Waals surface area contributed by atoms with Gasteiger partial charge in [-0.15, -0.1) is 5.10 Å². The van der Waals surface area contributed by atoms with Gasteiger partial charge in [0.15, 0.2) is 5.84 Å². The third-order valence-corrected chi connectivity index (χ3v) is 8.79. The predicted molar refractivity (Wildman–Crippen MR) is 135 cm³/mol. The monoisotopic (exact) mass is 499 g/mol. The van der Waals surface area contributed by atoms with E-state index in [0.29, 0.717) is 5.75 Å².